The molecule has 1 aliphatic rings. The van der Waals surface area contributed by atoms with Crippen LogP contribution >= 0.6 is 11.3 Å². The average Bonchev–Trinajstić information content (AvgIpc) is 3.09. The van der Waals surface area contributed by atoms with Crippen LogP contribution in [0.15, 0.2) is 0 Å². The van der Waals surface area contributed by atoms with E-state index in [2.05, 4.69) is 20.5 Å². The highest BCUT2D eigenvalue weighted by Gasteiger charge is 2.28. The van der Waals surface area contributed by atoms with Gasteiger partial charge < -0.3 is 10.3 Å². The van der Waals surface area contributed by atoms with Gasteiger partial charge in [0.05, 0.1) is 17.7 Å². The molecule has 0 aromatic carbocycles. The molecule has 2 aromatic heterocycles. The van der Waals surface area contributed by atoms with E-state index in [9.17, 15) is 9.59 Å². The Bertz CT molecular complexity index is 732. The lowest BCUT2D eigenvalue weighted by molar-refractivity contribution is 0.0926. The number of amides is 1. The second-order valence-corrected chi connectivity index (χ2v) is 6.53. The molecule has 0 spiro atoms. The summed E-state index contributed by atoms with van der Waals surface area (Å²) in [5.41, 5.74) is 2.71. The zero-order valence-corrected chi connectivity index (χ0v) is 13.5. The molecule has 116 valence electrons. The number of ketones is 1. The molecule has 0 bridgehead atoms. The molecule has 22 heavy (non-hydrogen) atoms. The normalized spacial score (nSPS) is 14.0. The molecule has 2 heterocycles. The molecule has 0 saturated carbocycles. The zero-order valence-electron chi connectivity index (χ0n) is 12.7. The fourth-order valence-corrected chi connectivity index (χ4v) is 3.49. The minimum atomic E-state index is -0.224. The van der Waals surface area contributed by atoms with E-state index in [4.69, 9.17) is 0 Å². The molecule has 3 rings (SSSR count). The number of nitrogens with zero attached hydrogens (tertiary/aromatic N) is 2. The van der Waals surface area contributed by atoms with Crippen LogP contribution in [0.5, 0.6) is 0 Å². The number of hydrogen-bond acceptors (Lipinski definition) is 5. The monoisotopic (exact) mass is 318 g/mol. The molecular formula is C15H18N4O2S. The smallest absolute Gasteiger partial charge is 0.254 e. The van der Waals surface area contributed by atoms with E-state index in [1.165, 1.54) is 11.3 Å². The highest BCUT2D eigenvalue weighted by molar-refractivity contribution is 7.11. The van der Waals surface area contributed by atoms with E-state index in [0.29, 0.717) is 24.1 Å². The molecule has 0 unspecified atom stereocenters. The molecule has 0 aliphatic heterocycles. The second-order valence-electron chi connectivity index (χ2n) is 5.38. The van der Waals surface area contributed by atoms with Gasteiger partial charge in [-0.2, -0.15) is 0 Å². The third kappa shape index (κ3) is 2.68. The Balaban J connectivity index is 1.78. The van der Waals surface area contributed by atoms with Gasteiger partial charge in [0.25, 0.3) is 5.91 Å². The molecule has 1 aliphatic carbocycles. The molecule has 2 N–H and O–H groups in total. The quantitative estimate of drug-likeness (QED) is 0.904. The average molecular weight is 318 g/mol. The minimum absolute atomic E-state index is 0.0555. The Labute approximate surface area is 132 Å². The van der Waals surface area contributed by atoms with Gasteiger partial charge in [-0.3, -0.25) is 9.59 Å². The molecule has 0 fully saturated rings. The molecule has 0 saturated heterocycles. The van der Waals surface area contributed by atoms with Crippen LogP contribution in [-0.2, 0) is 19.4 Å². The Morgan fingerprint density at radius 3 is 2.82 bits per heavy atom. The summed E-state index contributed by atoms with van der Waals surface area (Å²) in [6, 6.07) is 0. The van der Waals surface area contributed by atoms with Crippen molar-refractivity contribution in [3.05, 3.63) is 32.5 Å². The number of aromatic nitrogens is 3. The molecule has 6 nitrogen and oxygen atoms in total. The van der Waals surface area contributed by atoms with Gasteiger partial charge >= 0.3 is 0 Å². The summed E-state index contributed by atoms with van der Waals surface area (Å²) in [6.45, 7) is 4.19. The fraction of sp³-hybridized carbons (Fsp3) is 0.467. The molecule has 0 atom stereocenters. The van der Waals surface area contributed by atoms with Gasteiger partial charge in [0.1, 0.15) is 10.0 Å². The van der Waals surface area contributed by atoms with E-state index in [0.717, 1.165) is 40.7 Å². The van der Waals surface area contributed by atoms with Crippen molar-refractivity contribution in [3.63, 3.8) is 0 Å². The van der Waals surface area contributed by atoms with Crippen LogP contribution in [0.3, 0.4) is 0 Å². The molecule has 7 heteroatoms. The number of hydrogen-bond donors (Lipinski definition) is 2. The van der Waals surface area contributed by atoms with E-state index in [1.54, 1.807) is 0 Å². The number of nitrogens with one attached hydrogen (secondary N) is 2. The topological polar surface area (TPSA) is 87.7 Å². The Kier molecular flexibility index (Phi) is 4.06. The van der Waals surface area contributed by atoms with E-state index in [-0.39, 0.29) is 11.7 Å². The number of carbonyl (C=O) groups excluding carboxylic acids is 2. The van der Waals surface area contributed by atoms with Crippen LogP contribution in [0.25, 0.3) is 0 Å². The first-order valence-electron chi connectivity index (χ1n) is 7.44. The van der Waals surface area contributed by atoms with Crippen molar-refractivity contribution in [2.75, 3.05) is 0 Å². The summed E-state index contributed by atoms with van der Waals surface area (Å²) in [4.78, 5) is 27.8. The molecule has 1 amide bonds. The molecule has 2 aromatic rings. The molecular weight excluding hydrogens is 300 g/mol. The van der Waals surface area contributed by atoms with Gasteiger partial charge in [0.2, 0.25) is 0 Å². The standard InChI is InChI=1S/C15H18N4O2S/c1-3-11-18-19-12(22-11)7-16-15(21)13-8(2)17-9-5-4-6-10(20)14(9)13/h17H,3-7H2,1-2H3,(H,16,21). The van der Waals surface area contributed by atoms with Crippen molar-refractivity contribution in [1.29, 1.82) is 0 Å². The first-order valence-corrected chi connectivity index (χ1v) is 8.26. The number of carbonyl (C=O) groups is 2. The van der Waals surface area contributed by atoms with Crippen molar-refractivity contribution >= 4 is 23.0 Å². The van der Waals surface area contributed by atoms with Crippen LogP contribution in [0, 0.1) is 6.92 Å². The van der Waals surface area contributed by atoms with Crippen LogP contribution in [0.4, 0.5) is 0 Å². The van der Waals surface area contributed by atoms with Crippen molar-refractivity contribution in [2.45, 2.75) is 46.1 Å². The highest BCUT2D eigenvalue weighted by atomic mass is 32.1. The van der Waals surface area contributed by atoms with Crippen LogP contribution in [-0.4, -0.2) is 26.9 Å². The fourth-order valence-electron chi connectivity index (χ4n) is 2.77. The maximum Gasteiger partial charge on any atom is 0.254 e. The van der Waals surface area contributed by atoms with Crippen LogP contribution in [0.2, 0.25) is 0 Å². The SMILES string of the molecule is CCc1nnc(CNC(=O)c2c(C)[nH]c3c2C(=O)CCC3)s1. The zero-order chi connectivity index (χ0) is 15.7. The summed E-state index contributed by atoms with van der Waals surface area (Å²) in [5, 5.41) is 12.7. The summed E-state index contributed by atoms with van der Waals surface area (Å²) < 4.78 is 0. The highest BCUT2D eigenvalue weighted by Crippen LogP contribution is 2.26. The number of Topliss-reactive ketones (excluding diaryl/α,β-unsaturated/α-hetero) is 1. The van der Waals surface area contributed by atoms with Crippen molar-refractivity contribution in [3.8, 4) is 0 Å². The van der Waals surface area contributed by atoms with Gasteiger partial charge in [-0.25, -0.2) is 0 Å². The Morgan fingerprint density at radius 1 is 1.32 bits per heavy atom. The van der Waals surface area contributed by atoms with Crippen molar-refractivity contribution < 1.29 is 9.59 Å². The van der Waals surface area contributed by atoms with E-state index < -0.39 is 0 Å². The summed E-state index contributed by atoms with van der Waals surface area (Å²) in [7, 11) is 0. The summed E-state index contributed by atoms with van der Waals surface area (Å²) in [6.07, 6.45) is 3.02. The van der Waals surface area contributed by atoms with Gasteiger partial charge in [0.15, 0.2) is 5.78 Å². The largest absolute Gasteiger partial charge is 0.361 e. The predicted molar refractivity (Wildman–Crippen MR) is 83.3 cm³/mol. The van der Waals surface area contributed by atoms with Gasteiger partial charge in [-0.05, 0) is 26.2 Å². The van der Waals surface area contributed by atoms with Gasteiger partial charge in [-0.1, -0.05) is 18.3 Å². The Morgan fingerprint density at radius 2 is 2.09 bits per heavy atom. The van der Waals surface area contributed by atoms with E-state index in [1.807, 2.05) is 13.8 Å². The lowest BCUT2D eigenvalue weighted by atomic mass is 9.93. The van der Waals surface area contributed by atoms with Crippen molar-refractivity contribution in [1.82, 2.24) is 20.5 Å². The number of aromatic amines is 1. The maximum absolute atomic E-state index is 12.5. The predicted octanol–water partition coefficient (Wildman–Crippen LogP) is 2.19. The third-order valence-electron chi connectivity index (χ3n) is 3.81. The summed E-state index contributed by atoms with van der Waals surface area (Å²) in [5.74, 6) is -0.168. The van der Waals surface area contributed by atoms with Crippen LogP contribution < -0.4 is 5.32 Å². The lowest BCUT2D eigenvalue weighted by Crippen LogP contribution is -2.25. The third-order valence-corrected chi connectivity index (χ3v) is 4.88. The number of fused-ring (bicyclic) bond motifs is 1. The molecule has 0 radical (unpaired) electrons. The summed E-state index contributed by atoms with van der Waals surface area (Å²) >= 11 is 1.49. The first kappa shape index (κ1) is 14.9. The van der Waals surface area contributed by atoms with Crippen molar-refractivity contribution in [2.24, 2.45) is 0 Å². The minimum Gasteiger partial charge on any atom is -0.361 e. The second kappa shape index (κ2) is 6.00. The maximum atomic E-state index is 12.5. The van der Waals surface area contributed by atoms with Gasteiger partial charge in [0, 0.05) is 17.8 Å². The van der Waals surface area contributed by atoms with E-state index >= 15 is 0 Å². The first-order chi connectivity index (χ1) is 10.6. The van der Waals surface area contributed by atoms with Crippen LogP contribution in [0.1, 0.15) is 61.9 Å². The van der Waals surface area contributed by atoms with Gasteiger partial charge in [-0.15, -0.1) is 10.2 Å². The number of aryl methyl sites for hydroxylation is 3. The number of rotatable bonds is 4. The lowest BCUT2D eigenvalue weighted by Gasteiger charge is -2.11. The number of H-pyrrole nitrogens is 1. The Hall–Kier alpha value is -2.02.